The van der Waals surface area contributed by atoms with E-state index in [2.05, 4.69) is 20.3 Å². The summed E-state index contributed by atoms with van der Waals surface area (Å²) in [4.78, 5) is 12.4. The highest BCUT2D eigenvalue weighted by Crippen LogP contribution is 2.23. The number of para-hydroxylation sites is 1. The molecule has 0 aliphatic carbocycles. The second-order valence-electron chi connectivity index (χ2n) is 7.64. The van der Waals surface area contributed by atoms with Gasteiger partial charge in [-0.25, -0.2) is 0 Å². The number of aromatic nitrogens is 3. The predicted octanol–water partition coefficient (Wildman–Crippen LogP) is 4.91. The maximum absolute atomic E-state index is 12.4. The molecule has 35 heavy (non-hydrogen) atoms. The molecule has 180 valence electrons. The molecule has 0 spiro atoms. The Morgan fingerprint density at radius 3 is 2.29 bits per heavy atom. The number of rotatable bonds is 11. The summed E-state index contributed by atoms with van der Waals surface area (Å²) in [5, 5.41) is 12.3. The largest absolute Gasteiger partial charge is 0.435 e. The van der Waals surface area contributed by atoms with Gasteiger partial charge in [0.2, 0.25) is 5.91 Å². The molecule has 1 amide bonds. The Balaban J connectivity index is 1.34. The molecular weight excluding hydrogens is 470 g/mol. The second kappa shape index (κ2) is 12.1. The molecule has 0 fully saturated rings. The van der Waals surface area contributed by atoms with Gasteiger partial charge in [0.15, 0.2) is 5.16 Å². The lowest BCUT2D eigenvalue weighted by atomic mass is 10.1. The molecule has 1 aromatic heterocycles. The molecule has 0 unspecified atom stereocenters. The van der Waals surface area contributed by atoms with Gasteiger partial charge in [-0.2, -0.15) is 8.78 Å². The van der Waals surface area contributed by atoms with Crippen molar-refractivity contribution in [1.82, 2.24) is 20.1 Å². The topological polar surface area (TPSA) is 69.0 Å². The molecule has 4 rings (SSSR count). The Morgan fingerprint density at radius 2 is 1.60 bits per heavy atom. The summed E-state index contributed by atoms with van der Waals surface area (Å²) < 4.78 is 30.8. The normalized spacial score (nSPS) is 10.9. The van der Waals surface area contributed by atoms with E-state index in [0.717, 1.165) is 22.6 Å². The molecule has 0 saturated carbocycles. The zero-order valence-electron chi connectivity index (χ0n) is 18.8. The number of hydrogen-bond acceptors (Lipinski definition) is 5. The molecular formula is C26H24F2N4O2S. The first-order valence-corrected chi connectivity index (χ1v) is 12.0. The number of benzene rings is 3. The molecule has 0 saturated heterocycles. The summed E-state index contributed by atoms with van der Waals surface area (Å²) >= 11 is 1.32. The number of nitrogens with zero attached hydrogens (tertiary/aromatic N) is 3. The van der Waals surface area contributed by atoms with Crippen molar-refractivity contribution in [3.8, 4) is 11.4 Å². The Bertz CT molecular complexity index is 1220. The van der Waals surface area contributed by atoms with Crippen LogP contribution >= 0.6 is 11.8 Å². The van der Waals surface area contributed by atoms with Crippen molar-refractivity contribution in [2.24, 2.45) is 0 Å². The van der Waals surface area contributed by atoms with Gasteiger partial charge in [-0.3, -0.25) is 9.36 Å². The Hall–Kier alpha value is -3.72. The third kappa shape index (κ3) is 7.13. The Morgan fingerprint density at radius 1 is 0.914 bits per heavy atom. The summed E-state index contributed by atoms with van der Waals surface area (Å²) in [7, 11) is 0. The van der Waals surface area contributed by atoms with E-state index >= 15 is 0 Å². The summed E-state index contributed by atoms with van der Waals surface area (Å²) in [6.07, 6.45) is 1.20. The molecule has 3 aromatic carbocycles. The molecule has 0 aliphatic rings. The van der Waals surface area contributed by atoms with Gasteiger partial charge < -0.3 is 10.1 Å². The summed E-state index contributed by atoms with van der Waals surface area (Å²) in [6, 6.07) is 26.3. The van der Waals surface area contributed by atoms with Crippen LogP contribution in [0.3, 0.4) is 0 Å². The fourth-order valence-corrected chi connectivity index (χ4v) is 4.29. The highest BCUT2D eigenvalue weighted by molar-refractivity contribution is 7.99. The van der Waals surface area contributed by atoms with Crippen molar-refractivity contribution in [3.05, 3.63) is 102 Å². The maximum Gasteiger partial charge on any atom is 0.387 e. The van der Waals surface area contributed by atoms with Crippen LogP contribution in [0.1, 0.15) is 17.0 Å². The SMILES string of the molecule is O=C(CSc1nnc(Cc2ccccc2)n1-c1ccccc1)NCCc1ccc(OC(F)F)cc1. The van der Waals surface area contributed by atoms with Crippen molar-refractivity contribution in [3.63, 3.8) is 0 Å². The number of thioether (sulfide) groups is 1. The Kier molecular flexibility index (Phi) is 8.45. The monoisotopic (exact) mass is 494 g/mol. The van der Waals surface area contributed by atoms with Crippen LogP contribution in [0.2, 0.25) is 0 Å². The summed E-state index contributed by atoms with van der Waals surface area (Å²) in [6.45, 7) is -2.42. The number of carbonyl (C=O) groups is 1. The van der Waals surface area contributed by atoms with E-state index in [0.29, 0.717) is 24.5 Å². The van der Waals surface area contributed by atoms with Crippen LogP contribution in [0.4, 0.5) is 8.78 Å². The third-order valence-electron chi connectivity index (χ3n) is 5.14. The van der Waals surface area contributed by atoms with Gasteiger partial charge in [-0.15, -0.1) is 10.2 Å². The van der Waals surface area contributed by atoms with E-state index in [1.165, 1.54) is 23.9 Å². The van der Waals surface area contributed by atoms with Gasteiger partial charge in [0, 0.05) is 18.7 Å². The van der Waals surface area contributed by atoms with E-state index in [-0.39, 0.29) is 17.4 Å². The van der Waals surface area contributed by atoms with E-state index in [1.54, 1.807) is 12.1 Å². The fourth-order valence-electron chi connectivity index (χ4n) is 3.49. The van der Waals surface area contributed by atoms with E-state index in [9.17, 15) is 13.6 Å². The second-order valence-corrected chi connectivity index (χ2v) is 8.59. The van der Waals surface area contributed by atoms with Crippen LogP contribution in [0.15, 0.2) is 90.1 Å². The average Bonchev–Trinajstić information content (AvgIpc) is 3.27. The van der Waals surface area contributed by atoms with Crippen molar-refractivity contribution in [1.29, 1.82) is 0 Å². The molecule has 0 radical (unpaired) electrons. The highest BCUT2D eigenvalue weighted by atomic mass is 32.2. The van der Waals surface area contributed by atoms with Gasteiger partial charge >= 0.3 is 6.61 Å². The van der Waals surface area contributed by atoms with Crippen molar-refractivity contribution in [2.75, 3.05) is 12.3 Å². The number of nitrogens with one attached hydrogen (secondary N) is 1. The van der Waals surface area contributed by atoms with E-state index in [4.69, 9.17) is 0 Å². The average molecular weight is 495 g/mol. The van der Waals surface area contributed by atoms with Crippen molar-refractivity contribution >= 4 is 17.7 Å². The number of carbonyl (C=O) groups excluding carboxylic acids is 1. The number of hydrogen-bond donors (Lipinski definition) is 1. The van der Waals surface area contributed by atoms with E-state index < -0.39 is 6.61 Å². The van der Waals surface area contributed by atoms with Gasteiger partial charge in [0.1, 0.15) is 11.6 Å². The van der Waals surface area contributed by atoms with Crippen LogP contribution in [-0.2, 0) is 17.6 Å². The molecule has 0 atom stereocenters. The molecule has 0 aliphatic heterocycles. The first-order chi connectivity index (χ1) is 17.1. The lowest BCUT2D eigenvalue weighted by molar-refractivity contribution is -0.118. The number of halogens is 2. The smallest absolute Gasteiger partial charge is 0.387 e. The zero-order chi connectivity index (χ0) is 24.5. The Labute approximate surface area is 206 Å². The predicted molar refractivity (Wildman–Crippen MR) is 131 cm³/mol. The summed E-state index contributed by atoms with van der Waals surface area (Å²) in [5.41, 5.74) is 2.97. The van der Waals surface area contributed by atoms with Gasteiger partial charge in [-0.05, 0) is 41.8 Å². The van der Waals surface area contributed by atoms with Crippen LogP contribution in [-0.4, -0.2) is 39.6 Å². The zero-order valence-corrected chi connectivity index (χ0v) is 19.6. The summed E-state index contributed by atoms with van der Waals surface area (Å²) in [5.74, 6) is 0.972. The molecule has 1 heterocycles. The molecule has 0 bridgehead atoms. The van der Waals surface area contributed by atoms with Crippen LogP contribution in [0, 0.1) is 0 Å². The molecule has 1 N–H and O–H groups in total. The number of ether oxygens (including phenoxy) is 1. The minimum atomic E-state index is -2.85. The van der Waals surface area contributed by atoms with E-state index in [1.807, 2.05) is 65.2 Å². The standard InChI is InChI=1S/C26H24F2N4O2S/c27-25(28)34-22-13-11-19(12-14-22)15-16-29-24(33)18-35-26-31-30-23(17-20-7-3-1-4-8-20)32(26)21-9-5-2-6-10-21/h1-14,25H,15-18H2,(H,29,33). The van der Waals surface area contributed by atoms with Gasteiger partial charge in [-0.1, -0.05) is 72.4 Å². The highest BCUT2D eigenvalue weighted by Gasteiger charge is 2.16. The van der Waals surface area contributed by atoms with Gasteiger partial charge in [0.25, 0.3) is 0 Å². The number of alkyl halides is 2. The third-order valence-corrected chi connectivity index (χ3v) is 6.07. The lowest BCUT2D eigenvalue weighted by Gasteiger charge is -2.10. The minimum absolute atomic E-state index is 0.110. The fraction of sp³-hybridized carbons (Fsp3) is 0.192. The van der Waals surface area contributed by atoms with Crippen LogP contribution in [0.25, 0.3) is 5.69 Å². The van der Waals surface area contributed by atoms with Crippen LogP contribution < -0.4 is 10.1 Å². The van der Waals surface area contributed by atoms with Crippen molar-refractivity contribution < 1.29 is 18.3 Å². The first-order valence-electron chi connectivity index (χ1n) is 11.1. The maximum atomic E-state index is 12.4. The first kappa shape index (κ1) is 24.4. The lowest BCUT2D eigenvalue weighted by Crippen LogP contribution is -2.27. The molecule has 4 aromatic rings. The quantitative estimate of drug-likeness (QED) is 0.300. The number of amides is 1. The van der Waals surface area contributed by atoms with Gasteiger partial charge in [0.05, 0.1) is 5.75 Å². The molecule has 6 nitrogen and oxygen atoms in total. The van der Waals surface area contributed by atoms with Crippen molar-refractivity contribution in [2.45, 2.75) is 24.6 Å². The molecule has 9 heteroatoms. The minimum Gasteiger partial charge on any atom is -0.435 e. The van der Waals surface area contributed by atoms with Crippen LogP contribution in [0.5, 0.6) is 5.75 Å².